The Hall–Kier alpha value is -1.42. The highest BCUT2D eigenvalue weighted by Crippen LogP contribution is 2.27. The summed E-state index contributed by atoms with van der Waals surface area (Å²) in [5.41, 5.74) is 0. The maximum atomic E-state index is 13.6. The van der Waals surface area contributed by atoms with Crippen LogP contribution >= 0.6 is 12.4 Å². The van der Waals surface area contributed by atoms with Gasteiger partial charge >= 0.3 is 0 Å². The summed E-state index contributed by atoms with van der Waals surface area (Å²) in [6.07, 6.45) is 3.41. The fourth-order valence-corrected chi connectivity index (χ4v) is 5.21. The van der Waals surface area contributed by atoms with Crippen molar-refractivity contribution in [3.05, 3.63) is 24.0 Å². The first-order valence-corrected chi connectivity index (χ1v) is 10.7. The number of amides is 1. The molecule has 2 unspecified atom stereocenters. The Kier molecular flexibility index (Phi) is 8.06. The Morgan fingerprint density at radius 1 is 1.36 bits per heavy atom. The predicted molar refractivity (Wildman–Crippen MR) is 106 cm³/mol. The molecule has 158 valence electrons. The molecule has 1 amide bonds. The molecule has 0 saturated carbocycles. The van der Waals surface area contributed by atoms with Crippen LogP contribution in [0.2, 0.25) is 0 Å². The van der Waals surface area contributed by atoms with Crippen molar-refractivity contribution < 1.29 is 22.3 Å². The highest BCUT2D eigenvalue weighted by molar-refractivity contribution is 7.89. The average Bonchev–Trinajstić information content (AvgIpc) is 3.21. The molecule has 2 fully saturated rings. The quantitative estimate of drug-likeness (QED) is 0.707. The van der Waals surface area contributed by atoms with Gasteiger partial charge in [0.2, 0.25) is 15.9 Å². The Balaban J connectivity index is 0.00000280. The molecule has 2 heterocycles. The number of nitrogens with one attached hydrogen (secondary N) is 2. The monoisotopic (exact) mass is 435 g/mol. The summed E-state index contributed by atoms with van der Waals surface area (Å²) in [7, 11) is -2.44. The van der Waals surface area contributed by atoms with Gasteiger partial charge in [-0.1, -0.05) is 0 Å². The number of ether oxygens (including phenoxy) is 1. The fraction of sp³-hybridized carbons (Fsp3) is 0.611. The molecule has 0 aliphatic carbocycles. The van der Waals surface area contributed by atoms with Crippen LogP contribution in [0.15, 0.2) is 23.1 Å². The van der Waals surface area contributed by atoms with Gasteiger partial charge in [0.05, 0.1) is 18.0 Å². The summed E-state index contributed by atoms with van der Waals surface area (Å²) in [6.45, 7) is 2.06. The van der Waals surface area contributed by atoms with Crippen LogP contribution in [0, 0.1) is 11.7 Å². The lowest BCUT2D eigenvalue weighted by Crippen LogP contribution is -2.46. The number of hydrogen-bond acceptors (Lipinski definition) is 5. The van der Waals surface area contributed by atoms with Crippen LogP contribution in [0.3, 0.4) is 0 Å². The molecule has 1 aromatic carbocycles. The number of rotatable bonds is 6. The van der Waals surface area contributed by atoms with Crippen LogP contribution in [0.4, 0.5) is 4.39 Å². The Labute approximate surface area is 171 Å². The molecule has 2 N–H and O–H groups in total. The van der Waals surface area contributed by atoms with Gasteiger partial charge in [-0.05, 0) is 50.3 Å². The first-order valence-electron chi connectivity index (χ1n) is 9.26. The van der Waals surface area contributed by atoms with Crippen LogP contribution in [0.5, 0.6) is 5.75 Å². The molecular weight excluding hydrogens is 409 g/mol. The lowest BCUT2D eigenvalue weighted by Gasteiger charge is -2.32. The molecule has 2 aliphatic heterocycles. The molecule has 0 spiro atoms. The molecule has 10 heteroatoms. The topological polar surface area (TPSA) is 87.7 Å². The minimum atomic E-state index is -3.74. The van der Waals surface area contributed by atoms with E-state index in [-0.39, 0.29) is 40.9 Å². The zero-order valence-electron chi connectivity index (χ0n) is 15.8. The predicted octanol–water partition coefficient (Wildman–Crippen LogP) is 1.52. The number of halogens is 2. The summed E-state index contributed by atoms with van der Waals surface area (Å²) in [5.74, 6) is -0.658. The normalized spacial score (nSPS) is 23.1. The van der Waals surface area contributed by atoms with Crippen LogP contribution in [-0.4, -0.2) is 58.0 Å². The second-order valence-corrected chi connectivity index (χ2v) is 9.00. The molecule has 1 aromatic rings. The van der Waals surface area contributed by atoms with Gasteiger partial charge < -0.3 is 15.4 Å². The van der Waals surface area contributed by atoms with Crippen molar-refractivity contribution in [2.45, 2.75) is 36.6 Å². The molecule has 0 radical (unpaired) electrons. The van der Waals surface area contributed by atoms with E-state index in [0.29, 0.717) is 19.6 Å². The van der Waals surface area contributed by atoms with Crippen molar-refractivity contribution >= 4 is 28.3 Å². The number of carbonyl (C=O) groups excluding carboxylic acids is 1. The number of sulfonamides is 1. The first-order chi connectivity index (χ1) is 12.9. The van der Waals surface area contributed by atoms with Gasteiger partial charge in [0.1, 0.15) is 0 Å². The van der Waals surface area contributed by atoms with E-state index >= 15 is 0 Å². The lowest BCUT2D eigenvalue weighted by atomic mass is 9.99. The zero-order chi connectivity index (χ0) is 19.4. The van der Waals surface area contributed by atoms with Gasteiger partial charge in [0.15, 0.2) is 11.6 Å². The van der Waals surface area contributed by atoms with Gasteiger partial charge in [-0.2, -0.15) is 4.31 Å². The van der Waals surface area contributed by atoms with Crippen LogP contribution < -0.4 is 15.4 Å². The molecule has 3 rings (SSSR count). The Morgan fingerprint density at radius 3 is 2.82 bits per heavy atom. The van der Waals surface area contributed by atoms with Crippen molar-refractivity contribution in [1.82, 2.24) is 14.9 Å². The van der Waals surface area contributed by atoms with Gasteiger partial charge in [0, 0.05) is 25.7 Å². The second kappa shape index (κ2) is 9.87. The molecular formula is C18H27ClFN3O4S. The lowest BCUT2D eigenvalue weighted by molar-refractivity contribution is -0.123. The van der Waals surface area contributed by atoms with Crippen molar-refractivity contribution in [3.8, 4) is 5.75 Å². The summed E-state index contributed by atoms with van der Waals surface area (Å²) in [6, 6.07) is 3.42. The summed E-state index contributed by atoms with van der Waals surface area (Å²) >= 11 is 0. The minimum absolute atomic E-state index is 0. The summed E-state index contributed by atoms with van der Waals surface area (Å²) in [5, 5.41) is 6.09. The Bertz CT molecular complexity index is 787. The van der Waals surface area contributed by atoms with Crippen LogP contribution in [0.25, 0.3) is 0 Å². The van der Waals surface area contributed by atoms with Crippen molar-refractivity contribution in [2.75, 3.05) is 33.3 Å². The van der Waals surface area contributed by atoms with E-state index in [9.17, 15) is 17.6 Å². The number of hydrogen-bond donors (Lipinski definition) is 2. The molecule has 0 aromatic heterocycles. The van der Waals surface area contributed by atoms with E-state index in [0.717, 1.165) is 38.3 Å². The molecule has 2 aliphatic rings. The number of piperidine rings is 1. The molecule has 2 atom stereocenters. The second-order valence-electron chi connectivity index (χ2n) is 7.06. The van der Waals surface area contributed by atoms with E-state index in [2.05, 4.69) is 10.6 Å². The summed E-state index contributed by atoms with van der Waals surface area (Å²) < 4.78 is 45.7. The molecule has 2 saturated heterocycles. The maximum absolute atomic E-state index is 13.6. The highest BCUT2D eigenvalue weighted by Gasteiger charge is 2.31. The van der Waals surface area contributed by atoms with E-state index in [4.69, 9.17) is 4.74 Å². The first kappa shape index (κ1) is 22.9. The smallest absolute Gasteiger partial charge is 0.243 e. The van der Waals surface area contributed by atoms with Crippen molar-refractivity contribution in [3.63, 3.8) is 0 Å². The van der Waals surface area contributed by atoms with E-state index in [1.165, 1.54) is 23.5 Å². The third-order valence-corrected chi connectivity index (χ3v) is 7.04. The maximum Gasteiger partial charge on any atom is 0.243 e. The highest BCUT2D eigenvalue weighted by atomic mass is 35.5. The summed E-state index contributed by atoms with van der Waals surface area (Å²) in [4.78, 5) is 12.1. The third-order valence-electron chi connectivity index (χ3n) is 5.18. The SMILES string of the molecule is COc1cc(S(=O)(=O)N2CCCC(CNC(=O)C3CCCN3)C2)ccc1F.Cl. The number of carbonyl (C=O) groups is 1. The van der Waals surface area contributed by atoms with E-state index in [1.54, 1.807) is 0 Å². The Morgan fingerprint density at radius 2 is 2.14 bits per heavy atom. The molecule has 0 bridgehead atoms. The minimum Gasteiger partial charge on any atom is -0.494 e. The fourth-order valence-electron chi connectivity index (χ4n) is 3.64. The number of nitrogens with zero attached hydrogens (tertiary/aromatic N) is 1. The van der Waals surface area contributed by atoms with Gasteiger partial charge in [-0.15, -0.1) is 12.4 Å². The largest absolute Gasteiger partial charge is 0.494 e. The standard InChI is InChI=1S/C18H26FN3O4S.ClH/c1-26-17-10-14(6-7-15(17)19)27(24,25)22-9-3-4-13(12-22)11-21-18(23)16-5-2-8-20-16;/h6-7,10,13,16,20H,2-5,8-9,11-12H2,1H3,(H,21,23);1H. The third kappa shape index (κ3) is 5.14. The average molecular weight is 436 g/mol. The molecule has 7 nitrogen and oxygen atoms in total. The van der Waals surface area contributed by atoms with Gasteiger partial charge in [0.25, 0.3) is 0 Å². The molecule has 28 heavy (non-hydrogen) atoms. The van der Waals surface area contributed by atoms with Crippen LogP contribution in [0.1, 0.15) is 25.7 Å². The van der Waals surface area contributed by atoms with Crippen LogP contribution in [-0.2, 0) is 14.8 Å². The van der Waals surface area contributed by atoms with Crippen molar-refractivity contribution in [2.24, 2.45) is 5.92 Å². The van der Waals surface area contributed by atoms with E-state index < -0.39 is 15.8 Å². The van der Waals surface area contributed by atoms with Crippen molar-refractivity contribution in [1.29, 1.82) is 0 Å². The zero-order valence-corrected chi connectivity index (χ0v) is 17.5. The van der Waals surface area contributed by atoms with Gasteiger partial charge in [-0.25, -0.2) is 12.8 Å². The van der Waals surface area contributed by atoms with Gasteiger partial charge in [-0.3, -0.25) is 4.79 Å². The number of benzene rings is 1. The van der Waals surface area contributed by atoms with E-state index in [1.807, 2.05) is 0 Å². The number of methoxy groups -OCH3 is 1.